The maximum Gasteiger partial charge on any atom is 0.326 e. The first-order valence-corrected chi connectivity index (χ1v) is 9.12. The fraction of sp³-hybridized carbons (Fsp3) is 0.438. The van der Waals surface area contributed by atoms with E-state index in [4.69, 9.17) is 0 Å². The summed E-state index contributed by atoms with van der Waals surface area (Å²) in [6, 6.07) is 3.26. The van der Waals surface area contributed by atoms with Gasteiger partial charge < -0.3 is 9.84 Å². The first-order chi connectivity index (χ1) is 12.0. The minimum Gasteiger partial charge on any atom is -0.468 e. The lowest BCUT2D eigenvalue weighted by atomic mass is 10.2. The quantitative estimate of drug-likeness (QED) is 0.310. The fourth-order valence-electron chi connectivity index (χ4n) is 2.26. The normalized spacial score (nSPS) is 13.8. The maximum atomic E-state index is 13.1. The van der Waals surface area contributed by atoms with Crippen LogP contribution in [0.15, 0.2) is 40.8 Å². The van der Waals surface area contributed by atoms with Gasteiger partial charge in [-0.3, -0.25) is 14.9 Å². The summed E-state index contributed by atoms with van der Waals surface area (Å²) in [4.78, 5) is 21.9. The molecular weight excluding hydrogens is 364 g/mol. The van der Waals surface area contributed by atoms with E-state index in [1.54, 1.807) is 13.8 Å². The zero-order valence-electron chi connectivity index (χ0n) is 14.9. The van der Waals surface area contributed by atoms with Gasteiger partial charge in [-0.15, -0.1) is 0 Å². The molecule has 0 aliphatic heterocycles. The summed E-state index contributed by atoms with van der Waals surface area (Å²) >= 11 is 0. The average molecular weight is 386 g/mol. The van der Waals surface area contributed by atoms with Crippen LogP contribution in [-0.4, -0.2) is 54.5 Å². The minimum absolute atomic E-state index is 0.263. The zero-order valence-corrected chi connectivity index (χ0v) is 15.8. The van der Waals surface area contributed by atoms with Crippen molar-refractivity contribution < 1.29 is 28.0 Å². The van der Waals surface area contributed by atoms with Crippen LogP contribution in [0, 0.1) is 10.1 Å². The van der Waals surface area contributed by atoms with Crippen molar-refractivity contribution in [2.24, 2.45) is 0 Å². The van der Waals surface area contributed by atoms with Crippen molar-refractivity contribution in [3.05, 3.63) is 46.0 Å². The molecule has 0 bridgehead atoms. The zero-order chi connectivity index (χ0) is 20.1. The van der Waals surface area contributed by atoms with Crippen LogP contribution in [0.5, 0.6) is 0 Å². The van der Waals surface area contributed by atoms with Crippen LogP contribution < -0.4 is 0 Å². The molecule has 2 atom stereocenters. The number of aliphatic hydroxyl groups is 1. The van der Waals surface area contributed by atoms with Gasteiger partial charge in [-0.2, -0.15) is 4.31 Å². The van der Waals surface area contributed by atoms with Crippen molar-refractivity contribution in [1.29, 1.82) is 0 Å². The maximum absolute atomic E-state index is 13.1. The van der Waals surface area contributed by atoms with Crippen LogP contribution in [-0.2, 0) is 19.6 Å². The van der Waals surface area contributed by atoms with Crippen LogP contribution >= 0.6 is 0 Å². The van der Waals surface area contributed by atoms with E-state index >= 15 is 0 Å². The van der Waals surface area contributed by atoms with E-state index in [0.29, 0.717) is 4.31 Å². The number of ether oxygens (including phenoxy) is 1. The van der Waals surface area contributed by atoms with Crippen LogP contribution in [0.25, 0.3) is 0 Å². The summed E-state index contributed by atoms with van der Waals surface area (Å²) in [6.07, 6.45) is 0.135. The van der Waals surface area contributed by atoms with E-state index in [2.05, 4.69) is 4.74 Å². The Balaban J connectivity index is 3.62. The molecule has 26 heavy (non-hydrogen) atoms. The third-order valence-electron chi connectivity index (χ3n) is 3.54. The lowest BCUT2D eigenvalue weighted by Crippen LogP contribution is -2.51. The number of carbonyl (C=O) groups excluding carboxylic acids is 1. The monoisotopic (exact) mass is 386 g/mol. The van der Waals surface area contributed by atoms with Gasteiger partial charge in [-0.05, 0) is 26.8 Å². The van der Waals surface area contributed by atoms with E-state index in [-0.39, 0.29) is 6.54 Å². The van der Waals surface area contributed by atoms with Crippen molar-refractivity contribution in [3.8, 4) is 0 Å². The highest BCUT2D eigenvalue weighted by Crippen LogP contribution is 2.28. The molecule has 1 aromatic carbocycles. The van der Waals surface area contributed by atoms with Crippen LogP contribution in [0.2, 0.25) is 0 Å². The van der Waals surface area contributed by atoms with Crippen LogP contribution in [0.3, 0.4) is 0 Å². The smallest absolute Gasteiger partial charge is 0.326 e. The van der Waals surface area contributed by atoms with Crippen molar-refractivity contribution in [1.82, 2.24) is 4.31 Å². The number of hydrogen-bond acceptors (Lipinski definition) is 7. The van der Waals surface area contributed by atoms with E-state index in [9.17, 15) is 28.4 Å². The summed E-state index contributed by atoms with van der Waals surface area (Å²) in [5, 5.41) is 21.2. The molecule has 0 heterocycles. The lowest BCUT2D eigenvalue weighted by Gasteiger charge is -2.30. The van der Waals surface area contributed by atoms with Crippen molar-refractivity contribution in [2.75, 3.05) is 13.7 Å². The summed E-state index contributed by atoms with van der Waals surface area (Å²) in [7, 11) is -3.42. The molecule has 0 saturated heterocycles. The third kappa shape index (κ3) is 4.87. The number of esters is 1. The highest BCUT2D eigenvalue weighted by atomic mass is 32.2. The average Bonchev–Trinajstić information content (AvgIpc) is 2.57. The largest absolute Gasteiger partial charge is 0.468 e. The molecule has 1 aromatic rings. The number of nitrogens with zero attached hydrogens (tertiary/aromatic N) is 2. The number of nitro groups is 1. The van der Waals surface area contributed by atoms with Crippen molar-refractivity contribution >= 4 is 21.7 Å². The molecule has 0 saturated carbocycles. The minimum atomic E-state index is -4.49. The summed E-state index contributed by atoms with van der Waals surface area (Å²) in [6.45, 7) is 4.43. The highest BCUT2D eigenvalue weighted by Gasteiger charge is 2.41. The van der Waals surface area contributed by atoms with Gasteiger partial charge in [0.2, 0.25) is 0 Å². The van der Waals surface area contributed by atoms with Crippen molar-refractivity contribution in [3.63, 3.8) is 0 Å². The van der Waals surface area contributed by atoms with Crippen molar-refractivity contribution in [2.45, 2.75) is 37.8 Å². The molecule has 144 valence electrons. The molecule has 0 radical (unpaired) electrons. The number of rotatable bonds is 8. The summed E-state index contributed by atoms with van der Waals surface area (Å²) < 4.78 is 31.5. The van der Waals surface area contributed by atoms with E-state index < -0.39 is 43.6 Å². The molecule has 1 N–H and O–H groups in total. The van der Waals surface area contributed by atoms with Gasteiger partial charge in [0.05, 0.1) is 18.1 Å². The number of allylic oxidation sites excluding steroid dienone is 1. The van der Waals surface area contributed by atoms with E-state index in [0.717, 1.165) is 24.8 Å². The Kier molecular flexibility index (Phi) is 7.42. The van der Waals surface area contributed by atoms with Gasteiger partial charge >= 0.3 is 5.97 Å². The Labute approximate surface area is 152 Å². The van der Waals surface area contributed by atoms with Crippen LogP contribution in [0.4, 0.5) is 5.69 Å². The van der Waals surface area contributed by atoms with Gasteiger partial charge in [0, 0.05) is 12.6 Å². The number of carbonyl (C=O) groups is 1. The molecule has 0 aliphatic carbocycles. The van der Waals surface area contributed by atoms with Gasteiger partial charge in [-0.25, -0.2) is 8.42 Å². The lowest BCUT2D eigenvalue weighted by molar-refractivity contribution is -0.387. The number of nitro benzene ring substituents is 1. The molecule has 0 amide bonds. The van der Waals surface area contributed by atoms with E-state index in [1.165, 1.54) is 25.1 Å². The second-order valence-corrected chi connectivity index (χ2v) is 7.65. The number of hydrogen-bond donors (Lipinski definition) is 1. The molecule has 2 unspecified atom stereocenters. The van der Waals surface area contributed by atoms with Crippen LogP contribution in [0.1, 0.15) is 20.8 Å². The molecule has 0 fully saturated rings. The number of sulfonamides is 1. The first kappa shape index (κ1) is 21.7. The predicted molar refractivity (Wildman–Crippen MR) is 93.9 cm³/mol. The summed E-state index contributed by atoms with van der Waals surface area (Å²) in [5.41, 5.74) is 0.144. The Morgan fingerprint density at radius 3 is 2.42 bits per heavy atom. The second-order valence-electron chi connectivity index (χ2n) is 5.79. The third-order valence-corrected chi connectivity index (χ3v) is 5.43. The second kappa shape index (κ2) is 8.88. The van der Waals surface area contributed by atoms with Gasteiger partial charge in [0.15, 0.2) is 4.90 Å². The number of methoxy groups -OCH3 is 1. The SMILES string of the molecule is COC(=O)C(C(C)O)N(CC=C(C)C)S(=O)(=O)c1ccccc1[N+](=O)[O-]. The highest BCUT2D eigenvalue weighted by molar-refractivity contribution is 7.89. The fourth-order valence-corrected chi connectivity index (χ4v) is 4.00. The molecular formula is C16H22N2O7S. The Morgan fingerprint density at radius 2 is 1.96 bits per heavy atom. The molecule has 1 rings (SSSR count). The number of benzene rings is 1. The van der Waals surface area contributed by atoms with E-state index in [1.807, 2.05) is 0 Å². The topological polar surface area (TPSA) is 127 Å². The molecule has 0 aromatic heterocycles. The van der Waals surface area contributed by atoms with Gasteiger partial charge in [0.1, 0.15) is 6.04 Å². The molecule has 0 spiro atoms. The molecule has 0 aliphatic rings. The standard InChI is InChI=1S/C16H22N2O7S/c1-11(2)9-10-17(15(12(3)19)16(20)25-4)26(23,24)14-8-6-5-7-13(14)18(21)22/h5-9,12,15,19H,10H2,1-4H3. The van der Waals surface area contributed by atoms with Gasteiger partial charge in [-0.1, -0.05) is 23.8 Å². The Morgan fingerprint density at radius 1 is 1.38 bits per heavy atom. The molecule has 9 nitrogen and oxygen atoms in total. The Hall–Kier alpha value is -2.30. The molecule has 10 heteroatoms. The summed E-state index contributed by atoms with van der Waals surface area (Å²) in [5.74, 6) is -0.968. The predicted octanol–water partition coefficient (Wildman–Crippen LogP) is 1.47. The number of para-hydroxylation sites is 1. The first-order valence-electron chi connectivity index (χ1n) is 7.68. The Bertz CT molecular complexity index is 799. The van der Waals surface area contributed by atoms with Gasteiger partial charge in [0.25, 0.3) is 15.7 Å². The number of aliphatic hydroxyl groups excluding tert-OH is 1.